The Hall–Kier alpha value is -3.53. The largest absolute Gasteiger partial charge is 0.354 e. The van der Waals surface area contributed by atoms with E-state index in [1.54, 1.807) is 40.2 Å². The Morgan fingerprint density at radius 3 is 2.39 bits per heavy atom. The fourth-order valence-corrected chi connectivity index (χ4v) is 4.74. The highest BCUT2D eigenvalue weighted by atomic mass is 32.1. The van der Waals surface area contributed by atoms with Crippen molar-refractivity contribution in [1.29, 1.82) is 0 Å². The number of aromatic nitrogens is 3. The summed E-state index contributed by atoms with van der Waals surface area (Å²) < 4.78 is 3.17. The monoisotopic (exact) mass is 465 g/mol. The van der Waals surface area contributed by atoms with Gasteiger partial charge in [0.1, 0.15) is 0 Å². The van der Waals surface area contributed by atoms with Crippen molar-refractivity contribution in [2.45, 2.75) is 38.3 Å². The molecule has 2 aromatic heterocycles. The Morgan fingerprint density at radius 1 is 1.03 bits per heavy atom. The van der Waals surface area contributed by atoms with E-state index in [1.807, 2.05) is 17.5 Å². The van der Waals surface area contributed by atoms with Crippen LogP contribution < -0.4 is 11.0 Å². The molecule has 170 valence electrons. The maximum atomic E-state index is 12.8. The Balaban J connectivity index is 1.12. The summed E-state index contributed by atoms with van der Waals surface area (Å²) in [6.07, 6.45) is 2.51. The van der Waals surface area contributed by atoms with Crippen LogP contribution in [-0.4, -0.2) is 50.1 Å². The summed E-state index contributed by atoms with van der Waals surface area (Å²) in [6.45, 7) is 0.744. The lowest BCUT2D eigenvalue weighted by molar-refractivity contribution is -0.121. The topological polar surface area (TPSA) is 106 Å². The lowest BCUT2D eigenvalue weighted by Crippen LogP contribution is -2.33. The highest BCUT2D eigenvalue weighted by Crippen LogP contribution is 2.37. The van der Waals surface area contributed by atoms with Gasteiger partial charge in [-0.05, 0) is 42.8 Å². The zero-order valence-corrected chi connectivity index (χ0v) is 18.7. The quantitative estimate of drug-likeness (QED) is 0.488. The number of hydrogen-bond donors (Lipinski definition) is 1. The number of benzene rings is 1. The molecule has 1 N–H and O–H groups in total. The number of thiophene rings is 1. The summed E-state index contributed by atoms with van der Waals surface area (Å²) in [7, 11) is 0. The van der Waals surface area contributed by atoms with Crippen LogP contribution in [0.1, 0.15) is 52.4 Å². The molecule has 0 saturated heterocycles. The summed E-state index contributed by atoms with van der Waals surface area (Å²) in [6, 6.07) is 10.8. The fourth-order valence-electron chi connectivity index (χ4n) is 4.03. The van der Waals surface area contributed by atoms with Gasteiger partial charge in [0.05, 0.1) is 22.5 Å². The maximum Gasteiger partial charge on any atom is 0.346 e. The first-order chi connectivity index (χ1) is 16.0. The first kappa shape index (κ1) is 21.3. The summed E-state index contributed by atoms with van der Waals surface area (Å²) >= 11 is 1.54. The Labute approximate surface area is 193 Å². The minimum absolute atomic E-state index is 0.152. The van der Waals surface area contributed by atoms with Crippen molar-refractivity contribution >= 4 is 29.1 Å². The first-order valence-electron chi connectivity index (χ1n) is 11.0. The van der Waals surface area contributed by atoms with E-state index in [4.69, 9.17) is 0 Å². The smallest absolute Gasteiger partial charge is 0.346 e. The Morgan fingerprint density at radius 2 is 1.76 bits per heavy atom. The molecule has 1 aliphatic carbocycles. The molecule has 3 aromatic rings. The van der Waals surface area contributed by atoms with Crippen molar-refractivity contribution in [2.75, 3.05) is 13.1 Å². The number of amides is 3. The number of fused-ring (bicyclic) bond motifs is 1. The van der Waals surface area contributed by atoms with Crippen LogP contribution in [0.25, 0.3) is 10.7 Å². The molecule has 0 radical (unpaired) electrons. The molecule has 10 heteroatoms. The van der Waals surface area contributed by atoms with Crippen molar-refractivity contribution in [3.05, 3.63) is 63.4 Å². The fraction of sp³-hybridized carbons (Fsp3) is 0.348. The maximum absolute atomic E-state index is 12.8. The molecule has 3 amide bonds. The minimum atomic E-state index is -0.317. The molecule has 1 aromatic carbocycles. The average Bonchev–Trinajstić information content (AvgIpc) is 3.30. The van der Waals surface area contributed by atoms with Gasteiger partial charge in [-0.3, -0.25) is 23.9 Å². The molecule has 1 fully saturated rings. The average molecular weight is 466 g/mol. The summed E-state index contributed by atoms with van der Waals surface area (Å²) in [5.41, 5.74) is 0.663. The zero-order valence-electron chi connectivity index (χ0n) is 17.9. The van der Waals surface area contributed by atoms with Crippen LogP contribution in [0.15, 0.2) is 46.6 Å². The SMILES string of the molecule is O=C(CCCN1C(=O)c2ccccc2C1=O)NCCn1nc(-c2cccs2)n(C2CC2)c1=O. The molecule has 3 heterocycles. The minimum Gasteiger partial charge on any atom is -0.354 e. The number of hydrogen-bond acceptors (Lipinski definition) is 6. The van der Waals surface area contributed by atoms with Gasteiger partial charge in [-0.2, -0.15) is 0 Å². The molecule has 33 heavy (non-hydrogen) atoms. The predicted molar refractivity (Wildman–Crippen MR) is 122 cm³/mol. The molecule has 0 atom stereocenters. The third-order valence-corrected chi connectivity index (χ3v) is 6.70. The van der Waals surface area contributed by atoms with E-state index in [0.717, 1.165) is 17.7 Å². The highest BCUT2D eigenvalue weighted by Gasteiger charge is 2.34. The van der Waals surface area contributed by atoms with Gasteiger partial charge in [0.15, 0.2) is 5.82 Å². The van der Waals surface area contributed by atoms with Gasteiger partial charge < -0.3 is 5.32 Å². The van der Waals surface area contributed by atoms with Crippen LogP contribution in [0.4, 0.5) is 0 Å². The molecule has 0 unspecified atom stereocenters. The molecule has 0 spiro atoms. The highest BCUT2D eigenvalue weighted by molar-refractivity contribution is 7.13. The number of rotatable bonds is 9. The lowest BCUT2D eigenvalue weighted by atomic mass is 10.1. The second-order valence-electron chi connectivity index (χ2n) is 8.17. The third kappa shape index (κ3) is 4.13. The number of nitrogens with zero attached hydrogens (tertiary/aromatic N) is 4. The van der Waals surface area contributed by atoms with Crippen LogP contribution >= 0.6 is 11.3 Å². The summed E-state index contributed by atoms with van der Waals surface area (Å²) in [4.78, 5) is 51.9. The van der Waals surface area contributed by atoms with Crippen molar-refractivity contribution in [1.82, 2.24) is 24.6 Å². The Bertz CT molecular complexity index is 1240. The second kappa shape index (κ2) is 8.78. The van der Waals surface area contributed by atoms with E-state index in [0.29, 0.717) is 23.4 Å². The van der Waals surface area contributed by atoms with E-state index in [9.17, 15) is 19.2 Å². The van der Waals surface area contributed by atoms with E-state index >= 15 is 0 Å². The van der Waals surface area contributed by atoms with Gasteiger partial charge in [0.25, 0.3) is 11.8 Å². The van der Waals surface area contributed by atoms with E-state index in [-0.39, 0.29) is 55.5 Å². The van der Waals surface area contributed by atoms with Gasteiger partial charge in [-0.1, -0.05) is 18.2 Å². The van der Waals surface area contributed by atoms with Crippen molar-refractivity contribution < 1.29 is 14.4 Å². The lowest BCUT2D eigenvalue weighted by Gasteiger charge is -2.13. The predicted octanol–water partition coefficient (Wildman–Crippen LogP) is 2.30. The van der Waals surface area contributed by atoms with Crippen LogP contribution in [0.3, 0.4) is 0 Å². The van der Waals surface area contributed by atoms with Crippen LogP contribution in [-0.2, 0) is 11.3 Å². The standard InChI is InChI=1S/C23H23N5O4S/c29-19(8-3-12-26-21(30)16-5-1-2-6-17(16)22(26)31)24-11-13-27-23(32)28(15-9-10-15)20(25-27)18-7-4-14-33-18/h1-2,4-7,14-15H,3,8-13H2,(H,24,29). The van der Waals surface area contributed by atoms with Crippen molar-refractivity contribution in [2.24, 2.45) is 0 Å². The number of nitrogens with one attached hydrogen (secondary N) is 1. The molecule has 0 bridgehead atoms. The molecule has 2 aliphatic rings. The Kier molecular flexibility index (Phi) is 5.67. The normalized spacial score (nSPS) is 15.2. The van der Waals surface area contributed by atoms with Crippen LogP contribution in [0, 0.1) is 0 Å². The van der Waals surface area contributed by atoms with E-state index in [1.165, 1.54) is 9.58 Å². The molecule has 1 aliphatic heterocycles. The second-order valence-corrected chi connectivity index (χ2v) is 9.12. The number of carbonyl (C=O) groups excluding carboxylic acids is 3. The van der Waals surface area contributed by atoms with E-state index < -0.39 is 0 Å². The summed E-state index contributed by atoms with van der Waals surface area (Å²) in [5.74, 6) is -0.143. The molecular weight excluding hydrogens is 442 g/mol. The van der Waals surface area contributed by atoms with Crippen LogP contribution in [0.2, 0.25) is 0 Å². The molecular formula is C23H23N5O4S. The molecule has 5 rings (SSSR count). The van der Waals surface area contributed by atoms with Gasteiger partial charge in [-0.15, -0.1) is 16.4 Å². The third-order valence-electron chi connectivity index (χ3n) is 5.83. The van der Waals surface area contributed by atoms with Gasteiger partial charge in [0.2, 0.25) is 5.91 Å². The van der Waals surface area contributed by atoms with E-state index in [2.05, 4.69) is 10.4 Å². The van der Waals surface area contributed by atoms with Crippen LogP contribution in [0.5, 0.6) is 0 Å². The first-order valence-corrected chi connectivity index (χ1v) is 11.9. The van der Waals surface area contributed by atoms with Gasteiger partial charge >= 0.3 is 5.69 Å². The van der Waals surface area contributed by atoms with Gasteiger partial charge in [-0.25, -0.2) is 9.48 Å². The summed E-state index contributed by atoms with van der Waals surface area (Å²) in [5, 5.41) is 9.26. The molecule has 9 nitrogen and oxygen atoms in total. The van der Waals surface area contributed by atoms with Crippen molar-refractivity contribution in [3.63, 3.8) is 0 Å². The van der Waals surface area contributed by atoms with Gasteiger partial charge in [0, 0.05) is 25.6 Å². The molecule has 1 saturated carbocycles. The van der Waals surface area contributed by atoms with Crippen molar-refractivity contribution in [3.8, 4) is 10.7 Å². The zero-order chi connectivity index (χ0) is 22.9. The number of carbonyl (C=O) groups is 3. The number of imide groups is 1.